The number of nitrogens with zero attached hydrogens (tertiary/aromatic N) is 4. The Hall–Kier alpha value is -8.16. The molecule has 7 amide bonds. The molecule has 4 heterocycles. The Bertz CT molecular complexity index is 2960. The van der Waals surface area contributed by atoms with Crippen LogP contribution in [0.2, 0.25) is 0 Å². The Balaban J connectivity index is 1.06. The Morgan fingerprint density at radius 3 is 2.33 bits per heavy atom. The van der Waals surface area contributed by atoms with E-state index in [4.69, 9.17) is 34.8 Å². The van der Waals surface area contributed by atoms with E-state index in [0.29, 0.717) is 40.0 Å². The number of anilines is 1. The van der Waals surface area contributed by atoms with Gasteiger partial charge >= 0.3 is 30.2 Å². The van der Waals surface area contributed by atoms with Crippen molar-refractivity contribution in [2.45, 2.75) is 104 Å². The number of pyridine rings is 2. The second-order valence-corrected chi connectivity index (χ2v) is 19.1. The molecule has 0 radical (unpaired) electrons. The number of aliphatic carboxylic acids is 1. The van der Waals surface area contributed by atoms with Crippen molar-refractivity contribution < 1.29 is 72.6 Å². The van der Waals surface area contributed by atoms with E-state index in [1.54, 1.807) is 73.9 Å². The van der Waals surface area contributed by atoms with E-state index >= 15 is 0 Å². The highest BCUT2D eigenvalue weighted by atomic mass is 16.6. The molecule has 0 saturated carbocycles. The third-order valence-corrected chi connectivity index (χ3v) is 13.4. The van der Waals surface area contributed by atoms with Crippen LogP contribution in [0.4, 0.5) is 20.1 Å². The Morgan fingerprint density at radius 2 is 1.67 bits per heavy atom. The van der Waals surface area contributed by atoms with Gasteiger partial charge in [0, 0.05) is 61.8 Å². The number of aromatic nitrogens is 2. The third-order valence-electron chi connectivity index (χ3n) is 13.4. The highest BCUT2D eigenvalue weighted by Crippen LogP contribution is 2.41. The Kier molecular flexibility index (Phi) is 20.3. The van der Waals surface area contributed by atoms with Crippen molar-refractivity contribution >= 4 is 64.5 Å². The van der Waals surface area contributed by atoms with Gasteiger partial charge in [0.2, 0.25) is 17.7 Å². The summed E-state index contributed by atoms with van der Waals surface area (Å²) in [5.41, 5.74) is 7.31. The summed E-state index contributed by atoms with van der Waals surface area (Å²) in [6.45, 7) is 6.71. The van der Waals surface area contributed by atoms with Crippen molar-refractivity contribution in [1.82, 2.24) is 35.3 Å². The van der Waals surface area contributed by atoms with Gasteiger partial charge in [0.15, 0.2) is 5.60 Å². The average Bonchev–Trinajstić information content (AvgIpc) is 4.04. The summed E-state index contributed by atoms with van der Waals surface area (Å²) in [6.07, 6.45) is -1.39. The quantitative estimate of drug-likeness (QED) is 0.0291. The van der Waals surface area contributed by atoms with E-state index in [1.807, 2.05) is 6.92 Å². The molecule has 6 rings (SSSR count). The molecule has 78 heavy (non-hydrogen) atoms. The molecule has 3 atom stereocenters. The van der Waals surface area contributed by atoms with Crippen LogP contribution in [-0.4, -0.2) is 148 Å². The van der Waals surface area contributed by atoms with Crippen LogP contribution in [0.3, 0.4) is 0 Å². The Morgan fingerprint density at radius 1 is 0.923 bits per heavy atom. The zero-order valence-corrected chi connectivity index (χ0v) is 44.2. The number of benzene rings is 2. The van der Waals surface area contributed by atoms with Crippen molar-refractivity contribution in [3.8, 4) is 17.1 Å². The number of amides is 7. The lowest BCUT2D eigenvalue weighted by molar-refractivity contribution is -0.172. The SMILES string of the molecule is CCc1c2c(nc3ccc(OC(=O)N(CCOCCO)CCN(C)C(=O)OCc4ccc(NC(=O)[C@H](CCCNC(N)=O)NC(=O)[C@@H](NC(=O)CCC(=O)O)C(C)C)cc4)cc13)-c1cc3c(c(=O)n1C2)COC(=O)[C@]3(O)CC. The first kappa shape index (κ1) is 59.1. The fraction of sp³-hybridized carbons (Fsp3) is 0.472. The number of urea groups is 1. The molecule has 0 aliphatic carbocycles. The Labute approximate surface area is 448 Å². The number of rotatable bonds is 26. The first-order chi connectivity index (χ1) is 37.2. The number of fused-ring (bicyclic) bond motifs is 5. The summed E-state index contributed by atoms with van der Waals surface area (Å²) in [6, 6.07) is 9.98. The monoisotopic (exact) mass is 1090 g/mol. The molecule has 0 unspecified atom stereocenters. The number of aliphatic hydroxyl groups is 2. The minimum atomic E-state index is -1.97. The highest BCUT2D eigenvalue weighted by Gasteiger charge is 2.45. The number of carboxylic acid groups (broad SMARTS) is 1. The number of nitrogens with two attached hydrogens (primary N) is 1. The van der Waals surface area contributed by atoms with Gasteiger partial charge in [0.05, 0.1) is 55.3 Å². The average molecular weight is 1090 g/mol. The zero-order chi connectivity index (χ0) is 56.8. The molecule has 2 aliphatic rings. The van der Waals surface area contributed by atoms with Crippen LogP contribution in [0, 0.1) is 5.92 Å². The van der Waals surface area contributed by atoms with Gasteiger partial charge in [-0.15, -0.1) is 0 Å². The molecule has 2 aliphatic heterocycles. The number of hydrogen-bond donors (Lipinski definition) is 8. The number of carbonyl (C=O) groups excluding carboxylic acids is 7. The van der Waals surface area contributed by atoms with Gasteiger partial charge in [-0.05, 0) is 79.1 Å². The summed E-state index contributed by atoms with van der Waals surface area (Å²) in [4.78, 5) is 122. The lowest BCUT2D eigenvalue weighted by Gasteiger charge is -2.31. The topological polar surface area (TPSA) is 350 Å². The summed E-state index contributed by atoms with van der Waals surface area (Å²) in [5, 5.41) is 40.5. The number of aryl methyl sites for hydroxylation is 1. The predicted molar refractivity (Wildman–Crippen MR) is 280 cm³/mol. The number of likely N-dealkylation sites (N-methyl/N-ethyl adjacent to an activating group) is 1. The van der Waals surface area contributed by atoms with Crippen LogP contribution in [0.25, 0.3) is 22.3 Å². The van der Waals surface area contributed by atoms with Crippen molar-refractivity contribution in [3.63, 3.8) is 0 Å². The molecular formula is C53H67N9O16. The molecule has 9 N–H and O–H groups in total. The molecule has 25 heteroatoms. The second kappa shape index (κ2) is 26.7. The number of primary amides is 1. The van der Waals surface area contributed by atoms with Crippen LogP contribution in [0.1, 0.15) is 87.6 Å². The predicted octanol–water partition coefficient (Wildman–Crippen LogP) is 2.60. The van der Waals surface area contributed by atoms with Gasteiger partial charge in [0.1, 0.15) is 31.0 Å². The van der Waals surface area contributed by atoms with Gasteiger partial charge < -0.3 is 75.6 Å². The number of carbonyl (C=O) groups is 8. The molecule has 0 saturated heterocycles. The van der Waals surface area contributed by atoms with Gasteiger partial charge in [-0.3, -0.25) is 24.0 Å². The summed E-state index contributed by atoms with van der Waals surface area (Å²) >= 11 is 0. The fourth-order valence-electron chi connectivity index (χ4n) is 8.99. The van der Waals surface area contributed by atoms with Crippen LogP contribution >= 0.6 is 0 Å². The van der Waals surface area contributed by atoms with E-state index in [1.165, 1.54) is 16.8 Å². The normalized spacial score (nSPS) is 14.9. The molecule has 25 nitrogen and oxygen atoms in total. The lowest BCUT2D eigenvalue weighted by Crippen LogP contribution is -2.54. The molecule has 420 valence electrons. The third kappa shape index (κ3) is 14.4. The first-order valence-corrected chi connectivity index (χ1v) is 25.6. The van der Waals surface area contributed by atoms with Gasteiger partial charge in [-0.2, -0.15) is 0 Å². The summed E-state index contributed by atoms with van der Waals surface area (Å²) in [5.74, 6) is -4.15. The molecule has 2 aromatic carbocycles. The lowest BCUT2D eigenvalue weighted by atomic mass is 9.86. The van der Waals surface area contributed by atoms with Gasteiger partial charge in [0.25, 0.3) is 5.56 Å². The smallest absolute Gasteiger partial charge is 0.415 e. The number of cyclic esters (lactones) is 1. The van der Waals surface area contributed by atoms with E-state index in [-0.39, 0.29) is 114 Å². The number of esters is 1. The molecule has 0 spiro atoms. The van der Waals surface area contributed by atoms with E-state index in [0.717, 1.165) is 11.1 Å². The second-order valence-electron chi connectivity index (χ2n) is 19.1. The molecule has 0 bridgehead atoms. The van der Waals surface area contributed by atoms with Crippen molar-refractivity contribution in [2.75, 3.05) is 58.4 Å². The number of nitrogens with one attached hydrogen (secondary N) is 4. The maximum atomic E-state index is 13.8. The van der Waals surface area contributed by atoms with Crippen LogP contribution in [0.15, 0.2) is 53.3 Å². The van der Waals surface area contributed by atoms with Gasteiger partial charge in [-0.1, -0.05) is 39.8 Å². The van der Waals surface area contributed by atoms with Crippen LogP contribution in [0.5, 0.6) is 5.75 Å². The number of hydrogen-bond acceptors (Lipinski definition) is 16. The fourth-order valence-corrected chi connectivity index (χ4v) is 8.99. The van der Waals surface area contributed by atoms with Gasteiger partial charge in [-0.25, -0.2) is 24.2 Å². The van der Waals surface area contributed by atoms with Crippen molar-refractivity contribution in [3.05, 3.63) is 86.7 Å². The van der Waals surface area contributed by atoms with Crippen LogP contribution in [-0.2, 0) is 70.0 Å². The van der Waals surface area contributed by atoms with E-state index < -0.39 is 77.9 Å². The first-order valence-electron chi connectivity index (χ1n) is 25.6. The summed E-state index contributed by atoms with van der Waals surface area (Å²) < 4.78 is 23.6. The number of aliphatic hydroxyl groups excluding tert-OH is 1. The van der Waals surface area contributed by atoms with E-state index in [2.05, 4.69) is 21.3 Å². The molecule has 4 aromatic rings. The molecular weight excluding hydrogens is 1020 g/mol. The minimum absolute atomic E-state index is 0.00634. The van der Waals surface area contributed by atoms with Crippen molar-refractivity contribution in [1.29, 1.82) is 0 Å². The maximum Gasteiger partial charge on any atom is 0.415 e. The molecule has 2 aromatic heterocycles. The maximum absolute atomic E-state index is 13.8. The molecule has 0 fully saturated rings. The standard InChI is InChI=1S/C53H67N9O16/c1-6-34-35-25-33(14-15-39(35)57-45-36(34)27-62-41(45)26-38-37(48(62)69)29-76-49(70)53(38,74)7-2)78-52(73)61(21-23-75-24-22-63)20-19-60(5)51(72)77-28-31-10-12-32(13-11-31)56-46(67)40(9-8-18-55-50(54)71)58-47(68)44(30(3)4)59-42(64)16-17-43(65)66/h10-15,25-26,30,40,44,63,74H,6-9,16-24,27-29H2,1-5H3,(H,56,67)(H,58,68)(H,59,64)(H,65,66)(H3,54,55,71)/t40-,44-,53-/m0/s1. The summed E-state index contributed by atoms with van der Waals surface area (Å²) in [7, 11) is 1.49. The zero-order valence-electron chi connectivity index (χ0n) is 44.2. The minimum Gasteiger partial charge on any atom is -0.481 e. The van der Waals surface area contributed by atoms with E-state index in [9.17, 15) is 53.4 Å². The largest absolute Gasteiger partial charge is 0.481 e. The van der Waals surface area contributed by atoms with Crippen molar-refractivity contribution in [2.24, 2.45) is 11.7 Å². The van der Waals surface area contributed by atoms with Crippen LogP contribution < -0.4 is 37.3 Å². The number of carboxylic acids is 1. The highest BCUT2D eigenvalue weighted by molar-refractivity contribution is 5.98. The number of ether oxygens (including phenoxy) is 4.